The van der Waals surface area contributed by atoms with Gasteiger partial charge in [0.15, 0.2) is 11.5 Å². The van der Waals surface area contributed by atoms with Gasteiger partial charge in [-0.25, -0.2) is 4.39 Å². The van der Waals surface area contributed by atoms with Gasteiger partial charge in [-0.1, -0.05) is 42.0 Å². The molecule has 0 aromatic heterocycles. The topological polar surface area (TPSA) is 67.9 Å². The monoisotopic (exact) mass is 476 g/mol. The Morgan fingerprint density at radius 2 is 1.69 bits per heavy atom. The third-order valence-corrected chi connectivity index (χ3v) is 6.46. The maximum absolute atomic E-state index is 13.4. The average Bonchev–Trinajstić information content (AvgIpc) is 3.33. The summed E-state index contributed by atoms with van der Waals surface area (Å²) in [6.45, 7) is 2.87. The molecule has 4 rings (SSSR count). The number of aryl methyl sites for hydroxylation is 1. The molecule has 1 heterocycles. The van der Waals surface area contributed by atoms with Crippen molar-refractivity contribution in [3.8, 4) is 11.5 Å². The van der Waals surface area contributed by atoms with E-state index in [1.165, 1.54) is 12.1 Å². The molecule has 6 nitrogen and oxygen atoms in total. The third kappa shape index (κ3) is 5.29. The molecule has 2 atom stereocenters. The largest absolute Gasteiger partial charge is 0.493 e. The summed E-state index contributed by atoms with van der Waals surface area (Å²) in [4.78, 5) is 28.4. The van der Waals surface area contributed by atoms with Crippen molar-refractivity contribution >= 4 is 11.8 Å². The van der Waals surface area contributed by atoms with E-state index >= 15 is 0 Å². The van der Waals surface area contributed by atoms with Crippen molar-refractivity contribution in [3.05, 3.63) is 94.8 Å². The van der Waals surface area contributed by atoms with Gasteiger partial charge in [-0.2, -0.15) is 0 Å². The second-order valence-electron chi connectivity index (χ2n) is 8.72. The molecule has 1 saturated heterocycles. The number of ether oxygens (including phenoxy) is 2. The second kappa shape index (κ2) is 10.6. The SMILES string of the molecule is COc1cccc(C2CN(C(=O)c3ccc(C)cc3)CC2C(=O)NCc2ccc(F)cc2)c1OC. The van der Waals surface area contributed by atoms with Crippen LogP contribution in [-0.2, 0) is 11.3 Å². The lowest BCUT2D eigenvalue weighted by molar-refractivity contribution is -0.125. The Hall–Kier alpha value is -3.87. The highest BCUT2D eigenvalue weighted by atomic mass is 19.1. The molecule has 35 heavy (non-hydrogen) atoms. The van der Waals surface area contributed by atoms with Crippen LogP contribution < -0.4 is 14.8 Å². The summed E-state index contributed by atoms with van der Waals surface area (Å²) in [7, 11) is 3.13. The van der Waals surface area contributed by atoms with Gasteiger partial charge in [-0.3, -0.25) is 9.59 Å². The maximum Gasteiger partial charge on any atom is 0.253 e. The molecular formula is C28H29FN2O4. The average molecular weight is 477 g/mol. The number of hydrogen-bond acceptors (Lipinski definition) is 4. The van der Waals surface area contributed by atoms with E-state index in [4.69, 9.17) is 9.47 Å². The number of benzene rings is 3. The highest BCUT2D eigenvalue weighted by Gasteiger charge is 2.42. The Kier molecular flexibility index (Phi) is 7.34. The van der Waals surface area contributed by atoms with E-state index < -0.39 is 5.92 Å². The van der Waals surface area contributed by atoms with E-state index in [1.807, 2.05) is 31.2 Å². The van der Waals surface area contributed by atoms with Crippen molar-refractivity contribution in [1.82, 2.24) is 10.2 Å². The molecule has 2 amide bonds. The first kappa shape index (κ1) is 24.3. The summed E-state index contributed by atoms with van der Waals surface area (Å²) in [6.07, 6.45) is 0. The Morgan fingerprint density at radius 1 is 0.971 bits per heavy atom. The van der Waals surface area contributed by atoms with Crippen LogP contribution in [0.1, 0.15) is 33.0 Å². The predicted molar refractivity (Wildman–Crippen MR) is 131 cm³/mol. The number of nitrogens with zero attached hydrogens (tertiary/aromatic N) is 1. The molecule has 1 aliphatic heterocycles. The number of likely N-dealkylation sites (tertiary alicyclic amines) is 1. The summed E-state index contributed by atoms with van der Waals surface area (Å²) in [5.74, 6) is -0.284. The van der Waals surface area contributed by atoms with E-state index in [1.54, 1.807) is 49.5 Å². The number of rotatable bonds is 7. The van der Waals surface area contributed by atoms with Crippen LogP contribution in [0.2, 0.25) is 0 Å². The minimum atomic E-state index is -0.495. The zero-order valence-electron chi connectivity index (χ0n) is 20.1. The normalized spacial score (nSPS) is 17.2. The van der Waals surface area contributed by atoms with Crippen LogP contribution in [0.15, 0.2) is 66.7 Å². The minimum Gasteiger partial charge on any atom is -0.493 e. The van der Waals surface area contributed by atoms with Crippen LogP contribution in [0.5, 0.6) is 11.5 Å². The summed E-state index contributed by atoms with van der Waals surface area (Å²) >= 11 is 0. The number of hydrogen-bond donors (Lipinski definition) is 1. The van der Waals surface area contributed by atoms with E-state index in [0.29, 0.717) is 23.6 Å². The number of para-hydroxylation sites is 1. The Labute approximate surface area is 204 Å². The molecule has 3 aromatic rings. The highest BCUT2D eigenvalue weighted by Crippen LogP contribution is 2.42. The fourth-order valence-corrected chi connectivity index (χ4v) is 4.56. The van der Waals surface area contributed by atoms with Crippen molar-refractivity contribution in [2.75, 3.05) is 27.3 Å². The van der Waals surface area contributed by atoms with Gasteiger partial charge in [0, 0.05) is 36.7 Å². The molecule has 1 N–H and O–H groups in total. The Morgan fingerprint density at radius 3 is 2.34 bits per heavy atom. The molecule has 0 aliphatic carbocycles. The zero-order valence-corrected chi connectivity index (χ0v) is 20.1. The predicted octanol–water partition coefficient (Wildman–Crippen LogP) is 4.32. The van der Waals surface area contributed by atoms with Crippen LogP contribution in [0.25, 0.3) is 0 Å². The number of nitrogens with one attached hydrogen (secondary N) is 1. The van der Waals surface area contributed by atoms with Crippen LogP contribution in [0, 0.1) is 18.7 Å². The highest BCUT2D eigenvalue weighted by molar-refractivity contribution is 5.95. The van der Waals surface area contributed by atoms with Gasteiger partial charge >= 0.3 is 0 Å². The fourth-order valence-electron chi connectivity index (χ4n) is 4.56. The zero-order chi connectivity index (χ0) is 24.9. The van der Waals surface area contributed by atoms with Crippen LogP contribution in [-0.4, -0.2) is 44.0 Å². The number of methoxy groups -OCH3 is 2. The first-order chi connectivity index (χ1) is 16.9. The molecule has 0 radical (unpaired) electrons. The van der Waals surface area contributed by atoms with Crippen molar-refractivity contribution in [3.63, 3.8) is 0 Å². The quantitative estimate of drug-likeness (QED) is 0.552. The van der Waals surface area contributed by atoms with Gasteiger partial charge in [-0.15, -0.1) is 0 Å². The maximum atomic E-state index is 13.4. The lowest BCUT2D eigenvalue weighted by Crippen LogP contribution is -2.35. The van der Waals surface area contributed by atoms with Crippen molar-refractivity contribution in [1.29, 1.82) is 0 Å². The molecule has 3 aromatic carbocycles. The van der Waals surface area contributed by atoms with E-state index in [2.05, 4.69) is 5.32 Å². The lowest BCUT2D eigenvalue weighted by atomic mass is 9.87. The molecule has 7 heteroatoms. The van der Waals surface area contributed by atoms with Gasteiger partial charge in [0.25, 0.3) is 5.91 Å². The van der Waals surface area contributed by atoms with Crippen LogP contribution in [0.3, 0.4) is 0 Å². The molecule has 1 fully saturated rings. The minimum absolute atomic E-state index is 0.120. The lowest BCUT2D eigenvalue weighted by Gasteiger charge is -2.21. The van der Waals surface area contributed by atoms with Crippen LogP contribution >= 0.6 is 0 Å². The Bertz CT molecular complexity index is 1190. The number of amides is 2. The van der Waals surface area contributed by atoms with Crippen LogP contribution in [0.4, 0.5) is 4.39 Å². The standard InChI is InChI=1S/C28H29FN2O4/c1-18-7-11-20(12-8-18)28(33)31-16-23(22-5-4-6-25(34-2)26(22)35-3)24(17-31)27(32)30-15-19-9-13-21(29)14-10-19/h4-14,23-24H,15-17H2,1-3H3,(H,30,32). The summed E-state index contributed by atoms with van der Waals surface area (Å²) in [5, 5.41) is 2.96. The van der Waals surface area contributed by atoms with E-state index in [-0.39, 0.29) is 36.6 Å². The van der Waals surface area contributed by atoms with Gasteiger partial charge < -0.3 is 19.7 Å². The first-order valence-corrected chi connectivity index (χ1v) is 11.5. The Balaban J connectivity index is 1.61. The summed E-state index contributed by atoms with van der Waals surface area (Å²) in [5.41, 5.74) is 3.26. The fraction of sp³-hybridized carbons (Fsp3) is 0.286. The smallest absolute Gasteiger partial charge is 0.253 e. The van der Waals surface area contributed by atoms with E-state index in [0.717, 1.165) is 16.7 Å². The third-order valence-electron chi connectivity index (χ3n) is 6.46. The molecule has 2 unspecified atom stereocenters. The van der Waals surface area contributed by atoms with Gasteiger partial charge in [0.1, 0.15) is 5.82 Å². The molecule has 182 valence electrons. The molecule has 0 spiro atoms. The summed E-state index contributed by atoms with van der Waals surface area (Å²) in [6, 6.07) is 19.0. The van der Waals surface area contributed by atoms with Gasteiger partial charge in [-0.05, 0) is 42.8 Å². The number of carbonyl (C=O) groups excluding carboxylic acids is 2. The van der Waals surface area contributed by atoms with Crippen molar-refractivity contribution in [2.45, 2.75) is 19.4 Å². The summed E-state index contributed by atoms with van der Waals surface area (Å²) < 4.78 is 24.3. The van der Waals surface area contributed by atoms with Crippen molar-refractivity contribution in [2.24, 2.45) is 5.92 Å². The number of carbonyl (C=O) groups is 2. The van der Waals surface area contributed by atoms with Crippen molar-refractivity contribution < 1.29 is 23.5 Å². The van der Waals surface area contributed by atoms with Gasteiger partial charge in [0.2, 0.25) is 5.91 Å². The second-order valence-corrected chi connectivity index (χ2v) is 8.72. The van der Waals surface area contributed by atoms with Gasteiger partial charge in [0.05, 0.1) is 20.1 Å². The first-order valence-electron chi connectivity index (χ1n) is 11.5. The molecule has 0 saturated carbocycles. The molecule has 0 bridgehead atoms. The molecule has 1 aliphatic rings. The number of halogens is 1. The molecular weight excluding hydrogens is 447 g/mol. The van der Waals surface area contributed by atoms with E-state index in [9.17, 15) is 14.0 Å².